The number of ether oxygens (including phenoxy) is 1. The summed E-state index contributed by atoms with van der Waals surface area (Å²) in [6.07, 6.45) is 5.03. The lowest BCUT2D eigenvalue weighted by Gasteiger charge is -2.46. The number of nitrogens with zero attached hydrogens (tertiary/aromatic N) is 3. The average molecular weight is 376 g/mol. The molecule has 2 saturated heterocycles. The third-order valence-electron chi connectivity index (χ3n) is 5.27. The maximum atomic E-state index is 12.8. The van der Waals surface area contributed by atoms with Crippen molar-refractivity contribution in [2.45, 2.75) is 29.9 Å². The van der Waals surface area contributed by atoms with Gasteiger partial charge in [-0.1, -0.05) is 18.2 Å². The number of H-pyrrole nitrogens is 1. The molecular formula is C18H24N4O3S. The van der Waals surface area contributed by atoms with Gasteiger partial charge < -0.3 is 9.72 Å². The minimum absolute atomic E-state index is 0.256. The zero-order chi connectivity index (χ0) is 18.0. The van der Waals surface area contributed by atoms with Crippen molar-refractivity contribution in [3.8, 4) is 0 Å². The van der Waals surface area contributed by atoms with Gasteiger partial charge in [-0.3, -0.25) is 4.90 Å². The molecule has 1 spiro atoms. The molecule has 140 valence electrons. The van der Waals surface area contributed by atoms with Gasteiger partial charge in [0.1, 0.15) is 5.82 Å². The molecule has 2 aromatic rings. The second-order valence-electron chi connectivity index (χ2n) is 7.00. The van der Waals surface area contributed by atoms with Crippen LogP contribution >= 0.6 is 0 Å². The summed E-state index contributed by atoms with van der Waals surface area (Å²) in [5.41, 5.74) is -0.256. The van der Waals surface area contributed by atoms with E-state index in [0.29, 0.717) is 37.4 Å². The summed E-state index contributed by atoms with van der Waals surface area (Å²) in [5, 5.41) is 0. The van der Waals surface area contributed by atoms with E-state index in [-0.39, 0.29) is 5.60 Å². The number of hydrogen-bond acceptors (Lipinski definition) is 5. The first-order valence-corrected chi connectivity index (χ1v) is 10.4. The zero-order valence-corrected chi connectivity index (χ0v) is 15.5. The molecule has 2 fully saturated rings. The summed E-state index contributed by atoms with van der Waals surface area (Å²) in [5.74, 6) is 0.950. The number of piperidine rings is 1. The Kier molecular flexibility index (Phi) is 4.83. The van der Waals surface area contributed by atoms with Crippen LogP contribution in [0.5, 0.6) is 0 Å². The Labute approximate surface area is 154 Å². The van der Waals surface area contributed by atoms with Gasteiger partial charge in [-0.2, -0.15) is 4.31 Å². The first kappa shape index (κ1) is 17.7. The number of imidazole rings is 1. The maximum Gasteiger partial charge on any atom is 0.243 e. The summed E-state index contributed by atoms with van der Waals surface area (Å²) in [4.78, 5) is 10.1. The molecule has 8 heteroatoms. The molecule has 1 aromatic heterocycles. The van der Waals surface area contributed by atoms with Crippen molar-refractivity contribution >= 4 is 10.0 Å². The van der Waals surface area contributed by atoms with Crippen molar-refractivity contribution in [3.05, 3.63) is 48.5 Å². The van der Waals surface area contributed by atoms with E-state index in [1.54, 1.807) is 34.8 Å². The minimum atomic E-state index is -3.42. The number of morpholine rings is 1. The van der Waals surface area contributed by atoms with Gasteiger partial charge >= 0.3 is 0 Å². The van der Waals surface area contributed by atoms with Crippen LogP contribution in [0, 0.1) is 0 Å². The van der Waals surface area contributed by atoms with Gasteiger partial charge in [0.15, 0.2) is 0 Å². The topological polar surface area (TPSA) is 78.5 Å². The number of benzene rings is 1. The number of rotatable bonds is 4. The van der Waals surface area contributed by atoms with Crippen LogP contribution in [0.2, 0.25) is 0 Å². The smallest absolute Gasteiger partial charge is 0.243 e. The standard InChI is InChI=1S/C18H24N4O3S/c23-26(24,16-4-2-1-3-5-16)22-10-6-18(7-11-22)15-21(12-13-25-18)14-17-19-8-9-20-17/h1-5,8-9H,6-7,10-15H2,(H,19,20). The fraction of sp³-hybridized carbons (Fsp3) is 0.500. The normalized spacial score (nSPS) is 21.8. The van der Waals surface area contributed by atoms with Crippen LogP contribution in [0.4, 0.5) is 0 Å². The highest BCUT2D eigenvalue weighted by Crippen LogP contribution is 2.32. The Balaban J connectivity index is 1.41. The van der Waals surface area contributed by atoms with Crippen LogP contribution in [0.25, 0.3) is 0 Å². The first-order valence-electron chi connectivity index (χ1n) is 8.97. The lowest BCUT2D eigenvalue weighted by molar-refractivity contribution is -0.132. The summed E-state index contributed by atoms with van der Waals surface area (Å²) >= 11 is 0. The molecule has 0 bridgehead atoms. The van der Waals surface area contributed by atoms with Crippen molar-refractivity contribution < 1.29 is 13.2 Å². The Morgan fingerprint density at radius 3 is 2.62 bits per heavy atom. The van der Waals surface area contributed by atoms with E-state index in [1.165, 1.54) is 0 Å². The van der Waals surface area contributed by atoms with Gasteiger partial charge in [-0.25, -0.2) is 13.4 Å². The Morgan fingerprint density at radius 2 is 1.92 bits per heavy atom. The maximum absolute atomic E-state index is 12.8. The third-order valence-corrected chi connectivity index (χ3v) is 7.18. The second kappa shape index (κ2) is 7.11. The molecular weight excluding hydrogens is 352 g/mol. The summed E-state index contributed by atoms with van der Waals surface area (Å²) in [7, 11) is -3.42. The van der Waals surface area contributed by atoms with E-state index in [1.807, 2.05) is 12.3 Å². The van der Waals surface area contributed by atoms with Gasteiger partial charge in [-0.15, -0.1) is 0 Å². The van der Waals surface area contributed by atoms with Gasteiger partial charge in [0.2, 0.25) is 10.0 Å². The largest absolute Gasteiger partial charge is 0.372 e. The van der Waals surface area contributed by atoms with Gasteiger partial charge in [0.05, 0.1) is 23.6 Å². The molecule has 3 heterocycles. The molecule has 2 aliphatic heterocycles. The first-order chi connectivity index (χ1) is 12.6. The van der Waals surface area contributed by atoms with E-state index < -0.39 is 10.0 Å². The summed E-state index contributed by atoms with van der Waals surface area (Å²) in [6, 6.07) is 8.65. The summed E-state index contributed by atoms with van der Waals surface area (Å²) in [6.45, 7) is 4.11. The summed E-state index contributed by atoms with van der Waals surface area (Å²) < 4.78 is 33.3. The number of sulfonamides is 1. The molecule has 0 saturated carbocycles. The van der Waals surface area contributed by atoms with E-state index >= 15 is 0 Å². The molecule has 1 aromatic carbocycles. The molecule has 0 radical (unpaired) electrons. The molecule has 4 rings (SSSR count). The van der Waals surface area contributed by atoms with Crippen LogP contribution in [0.15, 0.2) is 47.6 Å². The minimum Gasteiger partial charge on any atom is -0.372 e. The second-order valence-corrected chi connectivity index (χ2v) is 8.93. The average Bonchev–Trinajstić information content (AvgIpc) is 3.16. The lowest BCUT2D eigenvalue weighted by Crippen LogP contribution is -2.57. The van der Waals surface area contributed by atoms with Crippen LogP contribution in [-0.2, 0) is 21.3 Å². The predicted octanol–water partition coefficient (Wildman–Crippen LogP) is 1.47. The monoisotopic (exact) mass is 376 g/mol. The number of aromatic nitrogens is 2. The number of hydrogen-bond donors (Lipinski definition) is 1. The highest BCUT2D eigenvalue weighted by Gasteiger charge is 2.42. The van der Waals surface area contributed by atoms with E-state index in [0.717, 1.165) is 25.5 Å². The SMILES string of the molecule is O=S(=O)(c1ccccc1)N1CCC2(CC1)CN(Cc1ncc[nH]1)CCO2. The highest BCUT2D eigenvalue weighted by atomic mass is 32.2. The van der Waals surface area contributed by atoms with Gasteiger partial charge in [-0.05, 0) is 25.0 Å². The van der Waals surface area contributed by atoms with E-state index in [2.05, 4.69) is 14.9 Å². The Morgan fingerprint density at radius 1 is 1.15 bits per heavy atom. The van der Waals surface area contributed by atoms with Crippen molar-refractivity contribution in [2.24, 2.45) is 0 Å². The molecule has 0 aliphatic carbocycles. The quantitative estimate of drug-likeness (QED) is 0.874. The van der Waals surface area contributed by atoms with Crippen LogP contribution in [0.3, 0.4) is 0 Å². The van der Waals surface area contributed by atoms with Gasteiger partial charge in [0, 0.05) is 38.6 Å². The van der Waals surface area contributed by atoms with Crippen LogP contribution in [-0.4, -0.2) is 66.0 Å². The van der Waals surface area contributed by atoms with Crippen LogP contribution in [0.1, 0.15) is 18.7 Å². The zero-order valence-electron chi connectivity index (χ0n) is 14.7. The molecule has 0 unspecified atom stereocenters. The molecule has 0 atom stereocenters. The van der Waals surface area contributed by atoms with E-state index in [9.17, 15) is 8.42 Å². The molecule has 26 heavy (non-hydrogen) atoms. The fourth-order valence-electron chi connectivity index (χ4n) is 3.83. The highest BCUT2D eigenvalue weighted by molar-refractivity contribution is 7.89. The third kappa shape index (κ3) is 3.55. The molecule has 1 N–H and O–H groups in total. The van der Waals surface area contributed by atoms with Crippen molar-refractivity contribution in [1.82, 2.24) is 19.2 Å². The number of aromatic amines is 1. The molecule has 7 nitrogen and oxygen atoms in total. The Hall–Kier alpha value is -1.74. The molecule has 2 aliphatic rings. The number of nitrogens with one attached hydrogen (secondary N) is 1. The lowest BCUT2D eigenvalue weighted by atomic mass is 9.90. The van der Waals surface area contributed by atoms with Crippen molar-refractivity contribution in [1.29, 1.82) is 0 Å². The Bertz CT molecular complexity index is 815. The molecule has 0 amide bonds. The van der Waals surface area contributed by atoms with E-state index in [4.69, 9.17) is 4.74 Å². The fourth-order valence-corrected chi connectivity index (χ4v) is 5.30. The van der Waals surface area contributed by atoms with Crippen molar-refractivity contribution in [3.63, 3.8) is 0 Å². The van der Waals surface area contributed by atoms with Crippen molar-refractivity contribution in [2.75, 3.05) is 32.8 Å². The van der Waals surface area contributed by atoms with Crippen LogP contribution < -0.4 is 0 Å². The predicted molar refractivity (Wildman–Crippen MR) is 97.0 cm³/mol. The van der Waals surface area contributed by atoms with Gasteiger partial charge in [0.25, 0.3) is 0 Å².